The third-order valence-corrected chi connectivity index (χ3v) is 9.81. The maximum Gasteiger partial charge on any atom is 0.261 e. The maximum atomic E-state index is 13.1. The maximum absolute atomic E-state index is 13.1. The van der Waals surface area contributed by atoms with Crippen LogP contribution < -0.4 is 15.2 Å². The van der Waals surface area contributed by atoms with Gasteiger partial charge in [-0.15, -0.1) is 0 Å². The lowest BCUT2D eigenvalue weighted by molar-refractivity contribution is -0.696. The Labute approximate surface area is 291 Å². The molecule has 50 heavy (non-hydrogen) atoms. The summed E-state index contributed by atoms with van der Waals surface area (Å²) in [4.78, 5) is 54.6. The van der Waals surface area contributed by atoms with E-state index in [0.717, 1.165) is 91.2 Å². The fraction of sp³-hybridized carbons (Fsp3) is 0.325. The molecule has 0 aliphatic carbocycles. The number of nitrogens with one attached hydrogen (secondary N) is 2. The topological polar surface area (TPSA) is 108 Å². The Kier molecular flexibility index (Phi) is 9.34. The standard InChI is InChI=1S/C40H42N6O4/c1-3-21-46-39(49)30-14-9-12-28-34(18-16-32(36(28)30)40(46)50)42-20-10-23-44-25-24-43(26-44)22-7-5-6-19-41-33-17-15-31-35-27(33)11-8-13-29(35)37(47)45(4-2)38(31)48/h8-9,11-18,24-26H,3-7,10,19-23H2,1-2H3,(H-,41,42,47,48,49,50)/p+1. The van der Waals surface area contributed by atoms with Gasteiger partial charge in [0, 0.05) is 87.8 Å². The zero-order valence-corrected chi connectivity index (χ0v) is 28.7. The summed E-state index contributed by atoms with van der Waals surface area (Å²) in [5.41, 5.74) is 4.25. The van der Waals surface area contributed by atoms with Gasteiger partial charge in [-0.05, 0) is 69.0 Å². The molecule has 0 unspecified atom stereocenters. The number of carbonyl (C=O) groups is 4. The molecule has 4 aromatic carbocycles. The third-order valence-electron chi connectivity index (χ3n) is 9.81. The predicted octanol–water partition coefficient (Wildman–Crippen LogP) is 6.49. The Balaban J connectivity index is 0.864. The highest BCUT2D eigenvalue weighted by atomic mass is 16.2. The molecule has 4 amide bonds. The van der Waals surface area contributed by atoms with Crippen LogP contribution in [0.15, 0.2) is 79.4 Å². The molecule has 0 radical (unpaired) electrons. The number of anilines is 2. The van der Waals surface area contributed by atoms with Gasteiger partial charge in [0.1, 0.15) is 12.4 Å². The molecule has 10 heteroatoms. The number of rotatable bonds is 15. The summed E-state index contributed by atoms with van der Waals surface area (Å²) in [6, 6.07) is 19.0. The molecule has 0 saturated heterocycles. The summed E-state index contributed by atoms with van der Waals surface area (Å²) in [5.74, 6) is -0.873. The van der Waals surface area contributed by atoms with Crippen LogP contribution in [0.4, 0.5) is 11.4 Å². The van der Waals surface area contributed by atoms with E-state index in [1.807, 2.05) is 74.5 Å². The van der Waals surface area contributed by atoms with Crippen LogP contribution in [0.1, 0.15) is 87.4 Å². The third kappa shape index (κ3) is 5.99. The van der Waals surface area contributed by atoms with Crippen molar-refractivity contribution in [3.05, 3.63) is 102 Å². The lowest BCUT2D eigenvalue weighted by Gasteiger charge is -2.27. The van der Waals surface area contributed by atoms with Gasteiger partial charge in [0.25, 0.3) is 23.6 Å². The lowest BCUT2D eigenvalue weighted by atomic mass is 9.93. The molecule has 0 atom stereocenters. The van der Waals surface area contributed by atoms with Crippen molar-refractivity contribution in [2.45, 2.75) is 59.0 Å². The van der Waals surface area contributed by atoms with Crippen LogP contribution in [0, 0.1) is 0 Å². The summed E-state index contributed by atoms with van der Waals surface area (Å²) >= 11 is 0. The van der Waals surface area contributed by atoms with Gasteiger partial charge >= 0.3 is 0 Å². The quantitative estimate of drug-likeness (QED) is 0.0749. The average Bonchev–Trinajstić information content (AvgIpc) is 3.59. The zero-order chi connectivity index (χ0) is 34.8. The lowest BCUT2D eigenvalue weighted by Crippen LogP contribution is -2.40. The monoisotopic (exact) mass is 671 g/mol. The molecule has 0 saturated carbocycles. The molecule has 3 heterocycles. The minimum absolute atomic E-state index is 0.212. The van der Waals surface area contributed by atoms with Gasteiger partial charge in [0.15, 0.2) is 0 Å². The highest BCUT2D eigenvalue weighted by Crippen LogP contribution is 2.36. The number of amides is 4. The number of hydrogen-bond acceptors (Lipinski definition) is 6. The number of carbonyl (C=O) groups excluding carboxylic acids is 4. The van der Waals surface area contributed by atoms with E-state index in [2.05, 4.69) is 38.5 Å². The Morgan fingerprint density at radius 3 is 1.74 bits per heavy atom. The second kappa shape index (κ2) is 14.2. The average molecular weight is 672 g/mol. The Morgan fingerprint density at radius 2 is 1.16 bits per heavy atom. The second-order valence-electron chi connectivity index (χ2n) is 13.1. The summed E-state index contributed by atoms with van der Waals surface area (Å²) < 4.78 is 4.43. The van der Waals surface area contributed by atoms with Crippen LogP contribution in [0.5, 0.6) is 0 Å². The Morgan fingerprint density at radius 1 is 0.600 bits per heavy atom. The van der Waals surface area contributed by atoms with E-state index < -0.39 is 0 Å². The van der Waals surface area contributed by atoms with Crippen molar-refractivity contribution in [1.82, 2.24) is 14.4 Å². The van der Waals surface area contributed by atoms with Crippen LogP contribution in [-0.2, 0) is 13.1 Å². The fourth-order valence-electron chi connectivity index (χ4n) is 7.32. The highest BCUT2D eigenvalue weighted by molar-refractivity contribution is 6.27. The largest absolute Gasteiger partial charge is 0.385 e. The van der Waals surface area contributed by atoms with Gasteiger partial charge in [0.2, 0.25) is 6.33 Å². The molecule has 0 spiro atoms. The number of imide groups is 2. The Bertz CT molecular complexity index is 2090. The molecule has 5 aromatic rings. The van der Waals surface area contributed by atoms with Gasteiger partial charge < -0.3 is 10.6 Å². The molecule has 0 fully saturated rings. The summed E-state index contributed by atoms with van der Waals surface area (Å²) in [7, 11) is 0. The van der Waals surface area contributed by atoms with Crippen molar-refractivity contribution < 1.29 is 23.7 Å². The van der Waals surface area contributed by atoms with E-state index in [4.69, 9.17) is 0 Å². The van der Waals surface area contributed by atoms with Gasteiger partial charge in [0.05, 0.1) is 13.1 Å². The van der Waals surface area contributed by atoms with E-state index in [9.17, 15) is 19.2 Å². The van der Waals surface area contributed by atoms with Gasteiger partial charge in [-0.3, -0.25) is 29.0 Å². The first-order valence-electron chi connectivity index (χ1n) is 17.8. The number of nitrogens with zero attached hydrogens (tertiary/aromatic N) is 4. The number of aryl methyl sites for hydroxylation is 2. The molecule has 2 aliphatic heterocycles. The van der Waals surface area contributed by atoms with Crippen molar-refractivity contribution in [1.29, 1.82) is 0 Å². The number of unbranched alkanes of at least 4 members (excludes halogenated alkanes) is 2. The van der Waals surface area contributed by atoms with Crippen molar-refractivity contribution in [2.24, 2.45) is 0 Å². The van der Waals surface area contributed by atoms with Crippen LogP contribution in [0.2, 0.25) is 0 Å². The smallest absolute Gasteiger partial charge is 0.261 e. The van der Waals surface area contributed by atoms with Crippen molar-refractivity contribution >= 4 is 56.5 Å². The van der Waals surface area contributed by atoms with Crippen LogP contribution in [-0.4, -0.2) is 64.2 Å². The molecule has 2 aliphatic rings. The molecule has 10 nitrogen and oxygen atoms in total. The number of hydrogen-bond donors (Lipinski definition) is 2. The van der Waals surface area contributed by atoms with E-state index in [0.29, 0.717) is 35.3 Å². The Hall–Kier alpha value is -5.51. The minimum Gasteiger partial charge on any atom is -0.385 e. The number of aromatic nitrogens is 2. The zero-order valence-electron chi connectivity index (χ0n) is 28.7. The summed E-state index contributed by atoms with van der Waals surface area (Å²) in [6.45, 7) is 7.95. The van der Waals surface area contributed by atoms with E-state index >= 15 is 0 Å². The molecule has 2 N–H and O–H groups in total. The fourth-order valence-corrected chi connectivity index (χ4v) is 7.32. The number of benzene rings is 4. The molecule has 256 valence electrons. The SMILES string of the molecule is CCCN1C(=O)c2cccc3c(NCCC[n+]4ccn(CCCCCNc5ccc6c7c(cccc57)C(=O)N(CC)C6=O)c4)ccc(c23)C1=O. The number of imidazole rings is 1. The molecular weight excluding hydrogens is 628 g/mol. The van der Waals surface area contributed by atoms with E-state index in [1.54, 1.807) is 0 Å². The van der Waals surface area contributed by atoms with Crippen LogP contribution in [0.3, 0.4) is 0 Å². The molecule has 1 aromatic heterocycles. The first-order valence-corrected chi connectivity index (χ1v) is 17.8. The van der Waals surface area contributed by atoms with E-state index in [-0.39, 0.29) is 23.6 Å². The summed E-state index contributed by atoms with van der Waals surface area (Å²) in [6.07, 6.45) is 11.2. The van der Waals surface area contributed by atoms with Crippen LogP contribution >= 0.6 is 0 Å². The van der Waals surface area contributed by atoms with Crippen LogP contribution in [0.25, 0.3) is 21.5 Å². The van der Waals surface area contributed by atoms with Gasteiger partial charge in [-0.2, -0.15) is 0 Å². The highest BCUT2D eigenvalue weighted by Gasteiger charge is 2.33. The van der Waals surface area contributed by atoms with Crippen molar-refractivity contribution in [2.75, 3.05) is 36.8 Å². The summed E-state index contributed by atoms with van der Waals surface area (Å²) in [5, 5.41) is 10.4. The molecular formula is C40H43N6O4+. The first-order chi connectivity index (χ1) is 24.4. The predicted molar refractivity (Wildman–Crippen MR) is 195 cm³/mol. The van der Waals surface area contributed by atoms with E-state index in [1.165, 1.54) is 9.80 Å². The normalized spacial score (nSPS) is 14.0. The minimum atomic E-state index is -0.224. The molecule has 7 rings (SSSR count). The molecule has 0 bridgehead atoms. The first kappa shape index (κ1) is 33.0. The van der Waals surface area contributed by atoms with Crippen molar-refractivity contribution in [3.63, 3.8) is 0 Å². The van der Waals surface area contributed by atoms with Gasteiger partial charge in [-0.25, -0.2) is 9.13 Å². The van der Waals surface area contributed by atoms with Crippen molar-refractivity contribution in [3.8, 4) is 0 Å². The second-order valence-corrected chi connectivity index (χ2v) is 13.1. The van der Waals surface area contributed by atoms with Gasteiger partial charge in [-0.1, -0.05) is 31.2 Å².